The first-order valence-electron chi connectivity index (χ1n) is 7.47. The Morgan fingerprint density at radius 3 is 2.95 bits per heavy atom. The van der Waals surface area contributed by atoms with Crippen molar-refractivity contribution in [2.45, 2.75) is 18.6 Å². The zero-order chi connectivity index (χ0) is 15.1. The third-order valence-electron chi connectivity index (χ3n) is 4.59. The highest BCUT2D eigenvalue weighted by Crippen LogP contribution is 2.50. The Morgan fingerprint density at radius 2 is 2.14 bits per heavy atom. The second-order valence-electron chi connectivity index (χ2n) is 5.87. The summed E-state index contributed by atoms with van der Waals surface area (Å²) >= 11 is 0. The number of fused-ring (bicyclic) bond motifs is 3. The predicted molar refractivity (Wildman–Crippen MR) is 82.4 cm³/mol. The van der Waals surface area contributed by atoms with Crippen LogP contribution in [0.5, 0.6) is 5.75 Å². The Bertz CT molecular complexity index is 766. The highest BCUT2D eigenvalue weighted by Gasteiger charge is 2.41. The molecule has 1 saturated heterocycles. The molecule has 110 valence electrons. The Hall–Kier alpha value is -2.51. The van der Waals surface area contributed by atoms with Crippen LogP contribution in [0.3, 0.4) is 0 Å². The summed E-state index contributed by atoms with van der Waals surface area (Å²) in [5, 5.41) is 22.4. The van der Waals surface area contributed by atoms with E-state index in [1.54, 1.807) is 6.07 Å². The fourth-order valence-corrected chi connectivity index (χ4v) is 3.59. The van der Waals surface area contributed by atoms with Crippen molar-refractivity contribution in [3.63, 3.8) is 0 Å². The average molecular weight is 292 g/mol. The molecule has 1 fully saturated rings. The molecule has 0 radical (unpaired) electrons. The minimum absolute atomic E-state index is 0.0110. The zero-order valence-electron chi connectivity index (χ0n) is 12.0. The quantitative estimate of drug-likeness (QED) is 0.844. The van der Waals surface area contributed by atoms with Crippen molar-refractivity contribution in [2.24, 2.45) is 5.92 Å². The molecule has 0 amide bonds. The van der Waals surface area contributed by atoms with Crippen molar-refractivity contribution in [3.8, 4) is 11.8 Å². The molecule has 2 aromatic carbocycles. The van der Waals surface area contributed by atoms with E-state index in [0.717, 1.165) is 29.8 Å². The second kappa shape index (κ2) is 5.04. The molecule has 0 aliphatic carbocycles. The summed E-state index contributed by atoms with van der Waals surface area (Å²) < 4.78 is 5.95. The Morgan fingerprint density at radius 1 is 1.23 bits per heavy atom. The van der Waals surface area contributed by atoms with Crippen molar-refractivity contribution in [3.05, 3.63) is 59.2 Å². The lowest BCUT2D eigenvalue weighted by Gasteiger charge is -2.36. The second-order valence-corrected chi connectivity index (χ2v) is 5.87. The van der Waals surface area contributed by atoms with E-state index < -0.39 is 0 Å². The van der Waals surface area contributed by atoms with Gasteiger partial charge in [-0.15, -0.1) is 0 Å². The van der Waals surface area contributed by atoms with E-state index in [0.29, 0.717) is 11.5 Å². The van der Waals surface area contributed by atoms with Gasteiger partial charge < -0.3 is 15.2 Å². The SMILES string of the molecule is N#Cc1ccc2c(c1)[C@H]1OCC[C@H]1C(c1cccc(O)c1)N2. The van der Waals surface area contributed by atoms with E-state index in [1.165, 1.54) is 0 Å². The fourth-order valence-electron chi connectivity index (χ4n) is 3.59. The van der Waals surface area contributed by atoms with Crippen LogP contribution in [0.15, 0.2) is 42.5 Å². The van der Waals surface area contributed by atoms with Crippen molar-refractivity contribution in [1.82, 2.24) is 0 Å². The molecule has 2 aliphatic heterocycles. The summed E-state index contributed by atoms with van der Waals surface area (Å²) in [6.45, 7) is 0.725. The number of hydrogen-bond acceptors (Lipinski definition) is 4. The summed E-state index contributed by atoms with van der Waals surface area (Å²) in [5.74, 6) is 0.587. The molecule has 4 rings (SSSR count). The van der Waals surface area contributed by atoms with Gasteiger partial charge in [0, 0.05) is 23.8 Å². The van der Waals surface area contributed by atoms with E-state index in [-0.39, 0.29) is 17.9 Å². The minimum Gasteiger partial charge on any atom is -0.508 e. The number of ether oxygens (including phenoxy) is 1. The maximum Gasteiger partial charge on any atom is 0.115 e. The molecule has 2 aromatic rings. The molecule has 2 N–H and O–H groups in total. The first-order valence-corrected chi connectivity index (χ1v) is 7.47. The smallest absolute Gasteiger partial charge is 0.115 e. The number of nitrogens with one attached hydrogen (secondary N) is 1. The van der Waals surface area contributed by atoms with Crippen LogP contribution in [0, 0.1) is 17.2 Å². The summed E-state index contributed by atoms with van der Waals surface area (Å²) in [5.41, 5.74) is 3.80. The number of hydrogen-bond donors (Lipinski definition) is 2. The molecule has 0 saturated carbocycles. The van der Waals surface area contributed by atoms with Crippen LogP contribution < -0.4 is 5.32 Å². The molecule has 0 spiro atoms. The third kappa shape index (κ3) is 2.02. The summed E-state index contributed by atoms with van der Waals surface area (Å²) in [7, 11) is 0. The molecule has 3 atom stereocenters. The van der Waals surface area contributed by atoms with Gasteiger partial charge in [0.2, 0.25) is 0 Å². The van der Waals surface area contributed by atoms with Crippen LogP contribution in [0.1, 0.15) is 35.3 Å². The van der Waals surface area contributed by atoms with Gasteiger partial charge in [-0.25, -0.2) is 0 Å². The van der Waals surface area contributed by atoms with Gasteiger partial charge in [-0.3, -0.25) is 0 Å². The number of phenolic OH excluding ortho intramolecular Hbond substituents is 1. The van der Waals surface area contributed by atoms with Crippen LogP contribution in [-0.4, -0.2) is 11.7 Å². The summed E-state index contributed by atoms with van der Waals surface area (Å²) in [6.07, 6.45) is 0.977. The van der Waals surface area contributed by atoms with E-state index in [2.05, 4.69) is 11.4 Å². The number of rotatable bonds is 1. The largest absolute Gasteiger partial charge is 0.508 e. The minimum atomic E-state index is 0.0110. The highest BCUT2D eigenvalue weighted by molar-refractivity contribution is 5.60. The zero-order valence-corrected chi connectivity index (χ0v) is 12.0. The first-order chi connectivity index (χ1) is 10.8. The molecular formula is C18H16N2O2. The van der Waals surface area contributed by atoms with Crippen molar-refractivity contribution in [2.75, 3.05) is 11.9 Å². The van der Waals surface area contributed by atoms with Crippen LogP contribution in [0.4, 0.5) is 5.69 Å². The summed E-state index contributed by atoms with van der Waals surface area (Å²) in [4.78, 5) is 0. The lowest BCUT2D eigenvalue weighted by atomic mass is 9.80. The fraction of sp³-hybridized carbons (Fsp3) is 0.278. The Balaban J connectivity index is 1.79. The van der Waals surface area contributed by atoms with Crippen molar-refractivity contribution < 1.29 is 9.84 Å². The monoisotopic (exact) mass is 292 g/mol. The number of nitriles is 1. The molecular weight excluding hydrogens is 276 g/mol. The molecule has 4 nitrogen and oxygen atoms in total. The number of phenols is 1. The number of anilines is 1. The van der Waals surface area contributed by atoms with Gasteiger partial charge in [0.25, 0.3) is 0 Å². The lowest BCUT2D eigenvalue weighted by molar-refractivity contribution is 0.0829. The molecule has 2 aliphatic rings. The van der Waals surface area contributed by atoms with Gasteiger partial charge in [0.05, 0.1) is 23.8 Å². The van der Waals surface area contributed by atoms with Crippen LogP contribution in [-0.2, 0) is 4.74 Å². The average Bonchev–Trinajstić information content (AvgIpc) is 3.03. The van der Waals surface area contributed by atoms with Gasteiger partial charge in [0.1, 0.15) is 5.75 Å². The van der Waals surface area contributed by atoms with Crippen LogP contribution >= 0.6 is 0 Å². The standard InChI is InChI=1S/C18H16N2O2/c19-10-11-4-5-16-15(8-11)18-14(6-7-22-18)17(20-16)12-2-1-3-13(21)9-12/h1-5,8-9,14,17-18,20-21H,6-7H2/t14-,17?,18-/m0/s1. The Kier molecular flexibility index (Phi) is 3.02. The van der Waals surface area contributed by atoms with Crippen LogP contribution in [0.25, 0.3) is 0 Å². The summed E-state index contributed by atoms with van der Waals surface area (Å²) in [6, 6.07) is 15.4. The van der Waals surface area contributed by atoms with Crippen molar-refractivity contribution >= 4 is 5.69 Å². The number of aromatic hydroxyl groups is 1. The maximum absolute atomic E-state index is 9.75. The van der Waals surface area contributed by atoms with Crippen molar-refractivity contribution in [1.29, 1.82) is 5.26 Å². The van der Waals surface area contributed by atoms with E-state index in [9.17, 15) is 5.11 Å². The highest BCUT2D eigenvalue weighted by atomic mass is 16.5. The van der Waals surface area contributed by atoms with Crippen LogP contribution in [0.2, 0.25) is 0 Å². The lowest BCUT2D eigenvalue weighted by Crippen LogP contribution is -2.29. The third-order valence-corrected chi connectivity index (χ3v) is 4.59. The molecule has 2 heterocycles. The molecule has 0 bridgehead atoms. The van der Waals surface area contributed by atoms with Gasteiger partial charge >= 0.3 is 0 Å². The normalized spacial score (nSPS) is 25.7. The van der Waals surface area contributed by atoms with E-state index in [1.807, 2.05) is 36.4 Å². The van der Waals surface area contributed by atoms with Gasteiger partial charge in [0.15, 0.2) is 0 Å². The van der Waals surface area contributed by atoms with Gasteiger partial charge in [-0.05, 0) is 42.3 Å². The van der Waals surface area contributed by atoms with E-state index in [4.69, 9.17) is 10.00 Å². The predicted octanol–water partition coefficient (Wildman–Crippen LogP) is 3.51. The Labute approximate surface area is 129 Å². The number of benzene rings is 2. The molecule has 22 heavy (non-hydrogen) atoms. The van der Waals surface area contributed by atoms with E-state index >= 15 is 0 Å². The molecule has 0 aromatic heterocycles. The topological polar surface area (TPSA) is 65.3 Å². The first kappa shape index (κ1) is 13.2. The van der Waals surface area contributed by atoms with Gasteiger partial charge in [-0.2, -0.15) is 5.26 Å². The maximum atomic E-state index is 9.75. The molecule has 1 unspecified atom stereocenters. The van der Waals surface area contributed by atoms with Gasteiger partial charge in [-0.1, -0.05) is 12.1 Å². The number of nitrogens with zero attached hydrogens (tertiary/aromatic N) is 1. The molecule has 4 heteroatoms.